The maximum atomic E-state index is 11.2. The van der Waals surface area contributed by atoms with Crippen LogP contribution >= 0.6 is 0 Å². The molecule has 0 aliphatic carbocycles. The fourth-order valence-corrected chi connectivity index (χ4v) is 0.582. The Balaban J connectivity index is 3.98. The lowest BCUT2D eigenvalue weighted by molar-refractivity contribution is -0.137. The Bertz CT molecular complexity index is 182. The van der Waals surface area contributed by atoms with E-state index in [4.69, 9.17) is 4.74 Å². The molecule has 78 valence electrons. The predicted molar refractivity (Wildman–Crippen MR) is 50.4 cm³/mol. The fourth-order valence-electron chi connectivity index (χ4n) is 0.582. The van der Waals surface area contributed by atoms with Crippen molar-refractivity contribution in [3.8, 4) is 0 Å². The Labute approximate surface area is 79.3 Å². The molecular weight excluding hydrogens is 170 g/mol. The number of carbonyl (C=O) groups is 1. The van der Waals surface area contributed by atoms with Crippen LogP contribution in [-0.4, -0.2) is 35.9 Å². The minimum Gasteiger partial charge on any atom is -0.381 e. The first-order valence-corrected chi connectivity index (χ1v) is 4.25. The SMILES string of the molecule is COC(C)(C)CNC(=O)C(C)(C)O. The zero-order valence-electron chi connectivity index (χ0n) is 8.97. The van der Waals surface area contributed by atoms with Crippen molar-refractivity contribution >= 4 is 5.91 Å². The molecule has 0 atom stereocenters. The highest BCUT2D eigenvalue weighted by molar-refractivity contribution is 5.83. The average molecular weight is 189 g/mol. The number of rotatable bonds is 4. The zero-order chi connectivity index (χ0) is 10.7. The molecule has 4 heteroatoms. The summed E-state index contributed by atoms with van der Waals surface area (Å²) in [6.07, 6.45) is 0. The summed E-state index contributed by atoms with van der Waals surface area (Å²) < 4.78 is 5.10. The normalized spacial score (nSPS) is 12.8. The average Bonchev–Trinajstić information content (AvgIpc) is 1.98. The van der Waals surface area contributed by atoms with Gasteiger partial charge in [-0.25, -0.2) is 0 Å². The van der Waals surface area contributed by atoms with Crippen LogP contribution in [0.25, 0.3) is 0 Å². The summed E-state index contributed by atoms with van der Waals surface area (Å²) in [5, 5.41) is 11.9. The summed E-state index contributed by atoms with van der Waals surface area (Å²) in [5.74, 6) is -0.391. The van der Waals surface area contributed by atoms with Crippen LogP contribution in [0.2, 0.25) is 0 Å². The van der Waals surface area contributed by atoms with Crippen LogP contribution in [0.4, 0.5) is 0 Å². The van der Waals surface area contributed by atoms with Gasteiger partial charge in [-0.2, -0.15) is 0 Å². The lowest BCUT2D eigenvalue weighted by Gasteiger charge is -2.25. The first-order chi connectivity index (χ1) is 5.69. The van der Waals surface area contributed by atoms with E-state index in [1.54, 1.807) is 7.11 Å². The Morgan fingerprint density at radius 2 is 1.85 bits per heavy atom. The summed E-state index contributed by atoms with van der Waals surface area (Å²) >= 11 is 0. The molecule has 0 aliphatic rings. The third kappa shape index (κ3) is 4.85. The third-order valence-corrected chi connectivity index (χ3v) is 1.78. The molecule has 0 aromatic heterocycles. The maximum absolute atomic E-state index is 11.2. The summed E-state index contributed by atoms with van der Waals surface area (Å²) in [4.78, 5) is 11.2. The van der Waals surface area contributed by atoms with E-state index in [9.17, 15) is 9.90 Å². The Kier molecular flexibility index (Phi) is 3.88. The summed E-state index contributed by atoms with van der Waals surface area (Å²) in [7, 11) is 1.58. The predicted octanol–water partition coefficient (Wildman–Crippen LogP) is 0.298. The van der Waals surface area contributed by atoms with Crippen LogP contribution in [0.3, 0.4) is 0 Å². The molecule has 0 heterocycles. The lowest BCUT2D eigenvalue weighted by Crippen LogP contribution is -2.47. The van der Waals surface area contributed by atoms with Crippen LogP contribution in [0.15, 0.2) is 0 Å². The van der Waals surface area contributed by atoms with Gasteiger partial charge in [-0.15, -0.1) is 0 Å². The van der Waals surface area contributed by atoms with Gasteiger partial charge >= 0.3 is 0 Å². The number of amides is 1. The Morgan fingerprint density at radius 3 is 2.15 bits per heavy atom. The van der Waals surface area contributed by atoms with Gasteiger partial charge in [-0.1, -0.05) is 0 Å². The van der Waals surface area contributed by atoms with Crippen molar-refractivity contribution in [1.82, 2.24) is 5.32 Å². The molecule has 0 fully saturated rings. The van der Waals surface area contributed by atoms with Crippen LogP contribution in [0.1, 0.15) is 27.7 Å². The number of aliphatic hydroxyl groups is 1. The largest absolute Gasteiger partial charge is 0.381 e. The topological polar surface area (TPSA) is 58.6 Å². The Hall–Kier alpha value is -0.610. The molecule has 13 heavy (non-hydrogen) atoms. The number of ether oxygens (including phenoxy) is 1. The van der Waals surface area contributed by atoms with Crippen molar-refractivity contribution in [2.24, 2.45) is 0 Å². The highest BCUT2D eigenvalue weighted by atomic mass is 16.5. The van der Waals surface area contributed by atoms with Crippen LogP contribution in [0.5, 0.6) is 0 Å². The number of methoxy groups -OCH3 is 1. The smallest absolute Gasteiger partial charge is 0.251 e. The minimum atomic E-state index is -1.33. The van der Waals surface area contributed by atoms with E-state index >= 15 is 0 Å². The van der Waals surface area contributed by atoms with Gasteiger partial charge in [-0.05, 0) is 27.7 Å². The highest BCUT2D eigenvalue weighted by Crippen LogP contribution is 2.06. The number of hydrogen-bond donors (Lipinski definition) is 2. The highest BCUT2D eigenvalue weighted by Gasteiger charge is 2.26. The molecule has 0 rings (SSSR count). The van der Waals surface area contributed by atoms with Gasteiger partial charge in [0, 0.05) is 13.7 Å². The molecule has 0 saturated carbocycles. The van der Waals surface area contributed by atoms with Crippen LogP contribution < -0.4 is 5.32 Å². The van der Waals surface area contributed by atoms with Crippen molar-refractivity contribution in [2.75, 3.05) is 13.7 Å². The molecule has 0 aromatic rings. The van der Waals surface area contributed by atoms with E-state index in [2.05, 4.69) is 5.32 Å². The first kappa shape index (κ1) is 12.4. The second-order valence-corrected chi connectivity index (χ2v) is 4.21. The van der Waals surface area contributed by atoms with Crippen molar-refractivity contribution in [3.05, 3.63) is 0 Å². The second-order valence-electron chi connectivity index (χ2n) is 4.21. The molecule has 0 radical (unpaired) electrons. The summed E-state index contributed by atoms with van der Waals surface area (Å²) in [5.41, 5.74) is -1.73. The molecule has 0 aliphatic heterocycles. The van der Waals surface area contributed by atoms with E-state index in [1.165, 1.54) is 13.8 Å². The van der Waals surface area contributed by atoms with Crippen LogP contribution in [0, 0.1) is 0 Å². The van der Waals surface area contributed by atoms with Gasteiger partial charge in [-0.3, -0.25) is 4.79 Å². The maximum Gasteiger partial charge on any atom is 0.251 e. The quantitative estimate of drug-likeness (QED) is 0.668. The van der Waals surface area contributed by atoms with E-state index in [-0.39, 0.29) is 0 Å². The van der Waals surface area contributed by atoms with Crippen molar-refractivity contribution in [3.63, 3.8) is 0 Å². The fraction of sp³-hybridized carbons (Fsp3) is 0.889. The van der Waals surface area contributed by atoms with E-state index in [0.717, 1.165) is 0 Å². The monoisotopic (exact) mass is 189 g/mol. The second kappa shape index (κ2) is 4.07. The lowest BCUT2D eigenvalue weighted by atomic mass is 10.1. The van der Waals surface area contributed by atoms with Gasteiger partial charge in [0.2, 0.25) is 0 Å². The van der Waals surface area contributed by atoms with Crippen molar-refractivity contribution in [2.45, 2.75) is 38.9 Å². The van der Waals surface area contributed by atoms with Crippen molar-refractivity contribution in [1.29, 1.82) is 0 Å². The van der Waals surface area contributed by atoms with Gasteiger partial charge in [0.25, 0.3) is 5.91 Å². The third-order valence-electron chi connectivity index (χ3n) is 1.78. The number of nitrogens with one attached hydrogen (secondary N) is 1. The number of carbonyl (C=O) groups excluding carboxylic acids is 1. The Morgan fingerprint density at radius 1 is 1.38 bits per heavy atom. The molecule has 0 unspecified atom stereocenters. The van der Waals surface area contributed by atoms with Gasteiger partial charge in [0.1, 0.15) is 5.60 Å². The first-order valence-electron chi connectivity index (χ1n) is 4.25. The van der Waals surface area contributed by atoms with E-state index in [1.807, 2.05) is 13.8 Å². The number of hydrogen-bond acceptors (Lipinski definition) is 3. The van der Waals surface area contributed by atoms with Gasteiger partial charge in [0.05, 0.1) is 5.60 Å². The van der Waals surface area contributed by atoms with E-state index < -0.39 is 17.1 Å². The molecule has 2 N–H and O–H groups in total. The van der Waals surface area contributed by atoms with Gasteiger partial charge < -0.3 is 15.2 Å². The molecule has 0 bridgehead atoms. The van der Waals surface area contributed by atoms with E-state index in [0.29, 0.717) is 6.54 Å². The van der Waals surface area contributed by atoms with Crippen LogP contribution in [-0.2, 0) is 9.53 Å². The standard InChI is InChI=1S/C9H19NO3/c1-8(2,13-5)6-10-7(11)9(3,4)12/h12H,6H2,1-5H3,(H,10,11). The molecule has 0 aromatic carbocycles. The summed E-state index contributed by atoms with van der Waals surface area (Å²) in [6, 6.07) is 0. The zero-order valence-corrected chi connectivity index (χ0v) is 8.97. The molecule has 4 nitrogen and oxygen atoms in total. The molecule has 1 amide bonds. The van der Waals surface area contributed by atoms with Gasteiger partial charge in [0.15, 0.2) is 0 Å². The minimum absolute atomic E-state index is 0.381. The summed E-state index contributed by atoms with van der Waals surface area (Å²) in [6.45, 7) is 6.99. The molecule has 0 saturated heterocycles. The molecular formula is C9H19NO3. The molecule has 0 spiro atoms. The van der Waals surface area contributed by atoms with Crippen molar-refractivity contribution < 1.29 is 14.6 Å².